The fourth-order valence-electron chi connectivity index (χ4n) is 1.64. The molecular formula is C14H16N4O. The molecule has 0 spiro atoms. The van der Waals surface area contributed by atoms with E-state index in [4.69, 9.17) is 0 Å². The summed E-state index contributed by atoms with van der Waals surface area (Å²) >= 11 is 0. The fraction of sp³-hybridized carbons (Fsp3) is 0.143. The summed E-state index contributed by atoms with van der Waals surface area (Å²) in [5.74, 6) is 0.530. The number of pyridine rings is 1. The Morgan fingerprint density at radius 1 is 1.11 bits per heavy atom. The summed E-state index contributed by atoms with van der Waals surface area (Å²) in [6.45, 7) is 1.95. The third-order valence-electron chi connectivity index (χ3n) is 2.57. The molecule has 0 aliphatic carbocycles. The van der Waals surface area contributed by atoms with E-state index in [1.807, 2.05) is 50.4 Å². The van der Waals surface area contributed by atoms with E-state index in [0.29, 0.717) is 5.82 Å². The Balaban J connectivity index is 2.01. The number of carbonyl (C=O) groups excluding carboxylic acids is 1. The van der Waals surface area contributed by atoms with Crippen LogP contribution >= 0.6 is 0 Å². The smallest absolute Gasteiger partial charge is 0.324 e. The number of hydrogen-bond acceptors (Lipinski definition) is 3. The molecule has 1 heterocycles. The molecule has 1 aromatic carbocycles. The third kappa shape index (κ3) is 3.70. The number of carbonyl (C=O) groups is 1. The van der Waals surface area contributed by atoms with Crippen molar-refractivity contribution in [3.63, 3.8) is 0 Å². The van der Waals surface area contributed by atoms with Crippen LogP contribution in [-0.2, 0) is 0 Å². The Bertz CT molecular complexity index is 583. The molecular weight excluding hydrogens is 240 g/mol. The molecule has 19 heavy (non-hydrogen) atoms. The van der Waals surface area contributed by atoms with Crippen LogP contribution in [0.2, 0.25) is 0 Å². The van der Waals surface area contributed by atoms with E-state index in [1.165, 1.54) is 0 Å². The van der Waals surface area contributed by atoms with Gasteiger partial charge in [-0.3, -0.25) is 5.32 Å². The number of urea groups is 1. The van der Waals surface area contributed by atoms with Gasteiger partial charge in [-0.15, -0.1) is 0 Å². The van der Waals surface area contributed by atoms with Gasteiger partial charge in [0, 0.05) is 24.6 Å². The fourth-order valence-corrected chi connectivity index (χ4v) is 1.64. The van der Waals surface area contributed by atoms with E-state index >= 15 is 0 Å². The van der Waals surface area contributed by atoms with Crippen LogP contribution in [0.1, 0.15) is 5.56 Å². The number of hydrogen-bond donors (Lipinski definition) is 3. The molecule has 98 valence electrons. The van der Waals surface area contributed by atoms with Crippen LogP contribution < -0.4 is 16.0 Å². The number of aryl methyl sites for hydroxylation is 1. The van der Waals surface area contributed by atoms with Crippen molar-refractivity contribution >= 4 is 23.2 Å². The number of rotatable bonds is 3. The Morgan fingerprint density at radius 2 is 1.89 bits per heavy atom. The molecule has 0 aliphatic heterocycles. The molecule has 1 aromatic heterocycles. The summed E-state index contributed by atoms with van der Waals surface area (Å²) in [6.07, 6.45) is 1.66. The molecule has 0 aliphatic rings. The summed E-state index contributed by atoms with van der Waals surface area (Å²) < 4.78 is 0. The van der Waals surface area contributed by atoms with Crippen LogP contribution in [0, 0.1) is 6.92 Å². The maximum Gasteiger partial charge on any atom is 0.324 e. The number of aromatic nitrogens is 1. The summed E-state index contributed by atoms with van der Waals surface area (Å²) in [7, 11) is 1.83. The molecule has 0 bridgehead atoms. The van der Waals surface area contributed by atoms with Gasteiger partial charge in [-0.25, -0.2) is 9.78 Å². The van der Waals surface area contributed by atoms with Crippen LogP contribution in [0.3, 0.4) is 0 Å². The second kappa shape index (κ2) is 5.86. The van der Waals surface area contributed by atoms with E-state index in [-0.39, 0.29) is 6.03 Å². The van der Waals surface area contributed by atoms with Crippen molar-refractivity contribution in [3.05, 3.63) is 48.2 Å². The first kappa shape index (κ1) is 12.9. The molecule has 2 amide bonds. The van der Waals surface area contributed by atoms with Crippen molar-refractivity contribution in [1.29, 1.82) is 0 Å². The van der Waals surface area contributed by atoms with E-state index in [0.717, 1.165) is 16.9 Å². The molecule has 2 rings (SSSR count). The van der Waals surface area contributed by atoms with Crippen LogP contribution in [0.25, 0.3) is 0 Å². The van der Waals surface area contributed by atoms with Crippen molar-refractivity contribution in [1.82, 2.24) is 4.98 Å². The highest BCUT2D eigenvalue weighted by Crippen LogP contribution is 2.14. The van der Waals surface area contributed by atoms with E-state index in [2.05, 4.69) is 20.9 Å². The van der Waals surface area contributed by atoms with Gasteiger partial charge in [-0.2, -0.15) is 0 Å². The van der Waals surface area contributed by atoms with E-state index in [1.54, 1.807) is 6.20 Å². The quantitative estimate of drug-likeness (QED) is 0.790. The maximum atomic E-state index is 11.8. The minimum absolute atomic E-state index is 0.314. The lowest BCUT2D eigenvalue weighted by Gasteiger charge is -2.08. The molecule has 0 radical (unpaired) electrons. The molecule has 2 aromatic rings. The van der Waals surface area contributed by atoms with Crippen molar-refractivity contribution in [2.75, 3.05) is 23.0 Å². The number of benzene rings is 1. The Kier molecular flexibility index (Phi) is 3.97. The summed E-state index contributed by atoms with van der Waals surface area (Å²) in [5, 5.41) is 8.46. The van der Waals surface area contributed by atoms with Gasteiger partial charge in [-0.1, -0.05) is 6.07 Å². The summed E-state index contributed by atoms with van der Waals surface area (Å²) in [4.78, 5) is 15.9. The molecule has 0 unspecified atom stereocenters. The lowest BCUT2D eigenvalue weighted by atomic mass is 10.3. The lowest BCUT2D eigenvalue weighted by molar-refractivity contribution is 0.262. The zero-order valence-electron chi connectivity index (χ0n) is 10.9. The van der Waals surface area contributed by atoms with Gasteiger partial charge < -0.3 is 10.6 Å². The second-order valence-electron chi connectivity index (χ2n) is 4.13. The van der Waals surface area contributed by atoms with Crippen LogP contribution in [0.15, 0.2) is 42.6 Å². The van der Waals surface area contributed by atoms with Crippen LogP contribution in [-0.4, -0.2) is 18.1 Å². The first-order valence-electron chi connectivity index (χ1n) is 5.96. The molecule has 0 fully saturated rings. The van der Waals surface area contributed by atoms with Crippen molar-refractivity contribution in [3.8, 4) is 0 Å². The molecule has 5 heteroatoms. The van der Waals surface area contributed by atoms with Crippen LogP contribution in [0.5, 0.6) is 0 Å². The zero-order valence-corrected chi connectivity index (χ0v) is 10.9. The third-order valence-corrected chi connectivity index (χ3v) is 2.57. The molecule has 3 N–H and O–H groups in total. The van der Waals surface area contributed by atoms with Gasteiger partial charge in [0.1, 0.15) is 5.82 Å². The Morgan fingerprint density at radius 3 is 2.63 bits per heavy atom. The average molecular weight is 256 g/mol. The van der Waals surface area contributed by atoms with E-state index < -0.39 is 0 Å². The summed E-state index contributed by atoms with van der Waals surface area (Å²) in [6, 6.07) is 10.8. The van der Waals surface area contributed by atoms with Gasteiger partial charge in [0.15, 0.2) is 0 Å². The Labute approximate surface area is 112 Å². The summed E-state index contributed by atoms with van der Waals surface area (Å²) in [5.41, 5.74) is 2.70. The number of anilines is 3. The number of amides is 2. The topological polar surface area (TPSA) is 66.0 Å². The lowest BCUT2D eigenvalue weighted by Crippen LogP contribution is -2.20. The van der Waals surface area contributed by atoms with Crippen molar-refractivity contribution in [2.45, 2.75) is 6.92 Å². The first-order chi connectivity index (χ1) is 9.17. The van der Waals surface area contributed by atoms with Gasteiger partial charge in [0.2, 0.25) is 0 Å². The second-order valence-corrected chi connectivity index (χ2v) is 4.13. The monoisotopic (exact) mass is 256 g/mol. The zero-order chi connectivity index (χ0) is 13.7. The minimum Gasteiger partial charge on any atom is -0.388 e. The van der Waals surface area contributed by atoms with Crippen LogP contribution in [0.4, 0.5) is 22.0 Å². The minimum atomic E-state index is -0.314. The molecule has 0 saturated carbocycles. The largest absolute Gasteiger partial charge is 0.388 e. The van der Waals surface area contributed by atoms with Crippen molar-refractivity contribution in [2.24, 2.45) is 0 Å². The Hall–Kier alpha value is -2.56. The number of nitrogens with zero attached hydrogens (tertiary/aromatic N) is 1. The molecule has 0 atom stereocenters. The highest BCUT2D eigenvalue weighted by molar-refractivity contribution is 5.99. The van der Waals surface area contributed by atoms with Gasteiger partial charge in [0.05, 0.1) is 0 Å². The van der Waals surface area contributed by atoms with Gasteiger partial charge in [0.25, 0.3) is 0 Å². The number of nitrogens with one attached hydrogen (secondary N) is 3. The highest BCUT2D eigenvalue weighted by atomic mass is 16.2. The predicted octanol–water partition coefficient (Wildman–Crippen LogP) is 3.08. The molecule has 5 nitrogen and oxygen atoms in total. The molecule has 0 saturated heterocycles. The average Bonchev–Trinajstić information content (AvgIpc) is 2.38. The standard InChI is InChI=1S/C14H16N4O/c1-10-6-7-16-13(8-10)18-14(19)17-12-5-3-4-11(9-12)15-2/h3-9,15H,1-2H3,(H2,16,17,18,19). The van der Waals surface area contributed by atoms with Crippen molar-refractivity contribution < 1.29 is 4.79 Å². The predicted molar refractivity (Wildman–Crippen MR) is 77.6 cm³/mol. The first-order valence-corrected chi connectivity index (χ1v) is 5.96. The van der Waals surface area contributed by atoms with Gasteiger partial charge in [-0.05, 0) is 42.8 Å². The highest BCUT2D eigenvalue weighted by Gasteiger charge is 2.03. The van der Waals surface area contributed by atoms with Gasteiger partial charge >= 0.3 is 6.03 Å². The van der Waals surface area contributed by atoms with E-state index in [9.17, 15) is 4.79 Å². The SMILES string of the molecule is CNc1cccc(NC(=O)Nc2cc(C)ccn2)c1. The maximum absolute atomic E-state index is 11.8. The normalized spacial score (nSPS) is 9.79.